The molecule has 0 N–H and O–H groups in total. The molecule has 4 amide bonds. The number of imide groups is 1. The fraction of sp³-hybridized carbons (Fsp3) is 0.588. The minimum absolute atomic E-state index is 0.217. The molecule has 0 atom stereocenters. The van der Waals surface area contributed by atoms with E-state index in [9.17, 15) is 14.4 Å². The van der Waals surface area contributed by atoms with Crippen molar-refractivity contribution in [2.45, 2.75) is 37.6 Å². The third-order valence-corrected chi connectivity index (χ3v) is 4.83. The molecule has 1 spiro atoms. The molecule has 0 aromatic rings. The van der Waals surface area contributed by atoms with Crippen molar-refractivity contribution in [3.8, 4) is 0 Å². The van der Waals surface area contributed by atoms with Gasteiger partial charge in [0.15, 0.2) is 0 Å². The van der Waals surface area contributed by atoms with Crippen molar-refractivity contribution >= 4 is 17.8 Å². The Hall–Kier alpha value is -2.11. The Labute approximate surface area is 137 Å². The van der Waals surface area contributed by atoms with Crippen LogP contribution in [0.15, 0.2) is 25.3 Å². The number of likely N-dealkylation sites (N-methyl/N-ethyl adjacent to an activating group) is 1. The summed E-state index contributed by atoms with van der Waals surface area (Å²) >= 11 is 0. The fourth-order valence-electron chi connectivity index (χ4n) is 3.50. The molecule has 2 aliphatic rings. The van der Waals surface area contributed by atoms with Crippen LogP contribution in [0, 0.1) is 0 Å². The zero-order valence-corrected chi connectivity index (χ0v) is 13.8. The molecule has 0 unspecified atom stereocenters. The Morgan fingerprint density at radius 2 is 1.74 bits per heavy atom. The van der Waals surface area contributed by atoms with Crippen LogP contribution in [-0.2, 0) is 9.59 Å². The summed E-state index contributed by atoms with van der Waals surface area (Å²) in [6.45, 7) is 7.76. The van der Waals surface area contributed by atoms with Gasteiger partial charge < -0.3 is 9.80 Å². The normalized spacial score (nSPS) is 20.0. The molecule has 1 aliphatic carbocycles. The lowest BCUT2D eigenvalue weighted by molar-refractivity contribution is -0.140. The second-order valence-corrected chi connectivity index (χ2v) is 6.20. The summed E-state index contributed by atoms with van der Waals surface area (Å²) in [5, 5.41) is 0. The molecule has 126 valence electrons. The summed E-state index contributed by atoms with van der Waals surface area (Å²) in [6.07, 6.45) is 7.55. The van der Waals surface area contributed by atoms with Crippen LogP contribution in [0.5, 0.6) is 0 Å². The van der Waals surface area contributed by atoms with Gasteiger partial charge in [-0.15, -0.1) is 13.2 Å². The van der Waals surface area contributed by atoms with Gasteiger partial charge in [0.1, 0.15) is 12.1 Å². The lowest BCUT2D eigenvalue weighted by Crippen LogP contribution is -2.49. The van der Waals surface area contributed by atoms with Gasteiger partial charge in [-0.3, -0.25) is 14.5 Å². The van der Waals surface area contributed by atoms with Crippen LogP contribution in [0.2, 0.25) is 0 Å². The van der Waals surface area contributed by atoms with E-state index in [0.29, 0.717) is 25.9 Å². The van der Waals surface area contributed by atoms with Gasteiger partial charge >= 0.3 is 6.03 Å². The molecule has 2 rings (SSSR count). The molecule has 1 aliphatic heterocycles. The zero-order valence-electron chi connectivity index (χ0n) is 13.8. The lowest BCUT2D eigenvalue weighted by Gasteiger charge is -2.35. The SMILES string of the molecule is C=CCN(CC=C)C(=O)CN1C(=O)N(C)C2(CCCCC2)C1=O. The van der Waals surface area contributed by atoms with Crippen molar-refractivity contribution in [1.29, 1.82) is 0 Å². The first kappa shape index (κ1) is 17.2. The highest BCUT2D eigenvalue weighted by Crippen LogP contribution is 2.39. The number of hydrogen-bond acceptors (Lipinski definition) is 3. The average molecular weight is 319 g/mol. The molecule has 2 fully saturated rings. The maximum atomic E-state index is 12.8. The summed E-state index contributed by atoms with van der Waals surface area (Å²) in [6, 6.07) is -0.373. The van der Waals surface area contributed by atoms with E-state index in [1.807, 2.05) is 0 Å². The van der Waals surface area contributed by atoms with Crippen LogP contribution < -0.4 is 0 Å². The largest absolute Gasteiger partial charge is 0.334 e. The molecule has 1 saturated carbocycles. The van der Waals surface area contributed by atoms with Crippen molar-refractivity contribution in [2.75, 3.05) is 26.7 Å². The third kappa shape index (κ3) is 3.02. The van der Waals surface area contributed by atoms with Crippen molar-refractivity contribution in [3.05, 3.63) is 25.3 Å². The van der Waals surface area contributed by atoms with Gasteiger partial charge in [0.25, 0.3) is 5.91 Å². The maximum Gasteiger partial charge on any atom is 0.327 e. The van der Waals surface area contributed by atoms with E-state index >= 15 is 0 Å². The predicted molar refractivity (Wildman–Crippen MR) is 87.7 cm³/mol. The molecular weight excluding hydrogens is 294 g/mol. The van der Waals surface area contributed by atoms with Crippen LogP contribution in [-0.4, -0.2) is 64.8 Å². The second-order valence-electron chi connectivity index (χ2n) is 6.20. The van der Waals surface area contributed by atoms with E-state index in [0.717, 1.165) is 24.2 Å². The first-order valence-electron chi connectivity index (χ1n) is 8.07. The number of urea groups is 1. The van der Waals surface area contributed by atoms with Crippen molar-refractivity contribution in [3.63, 3.8) is 0 Å². The maximum absolute atomic E-state index is 12.8. The highest BCUT2D eigenvalue weighted by Gasteiger charge is 2.55. The minimum atomic E-state index is -0.739. The zero-order chi connectivity index (χ0) is 17.0. The number of nitrogens with zero attached hydrogens (tertiary/aromatic N) is 3. The Bertz CT molecular complexity index is 513. The van der Waals surface area contributed by atoms with Gasteiger partial charge in [-0.05, 0) is 12.8 Å². The van der Waals surface area contributed by atoms with E-state index in [1.54, 1.807) is 19.2 Å². The molecule has 0 radical (unpaired) electrons. The van der Waals surface area contributed by atoms with E-state index in [4.69, 9.17) is 0 Å². The summed E-state index contributed by atoms with van der Waals surface area (Å²) in [5.74, 6) is -0.497. The van der Waals surface area contributed by atoms with Crippen molar-refractivity contribution in [2.24, 2.45) is 0 Å². The lowest BCUT2D eigenvalue weighted by atomic mass is 9.81. The summed E-state index contributed by atoms with van der Waals surface area (Å²) in [7, 11) is 1.67. The van der Waals surface area contributed by atoms with E-state index < -0.39 is 5.54 Å². The van der Waals surface area contributed by atoms with Crippen LogP contribution in [0.4, 0.5) is 4.79 Å². The highest BCUT2D eigenvalue weighted by molar-refractivity contribution is 6.08. The number of carbonyl (C=O) groups excluding carboxylic acids is 3. The number of rotatable bonds is 6. The molecule has 0 aromatic carbocycles. The molecule has 6 heteroatoms. The van der Waals surface area contributed by atoms with E-state index in [-0.39, 0.29) is 24.4 Å². The fourth-order valence-corrected chi connectivity index (χ4v) is 3.50. The molecule has 23 heavy (non-hydrogen) atoms. The topological polar surface area (TPSA) is 60.9 Å². The van der Waals surface area contributed by atoms with Crippen LogP contribution in [0.25, 0.3) is 0 Å². The van der Waals surface area contributed by atoms with Gasteiger partial charge in [0.2, 0.25) is 5.91 Å². The van der Waals surface area contributed by atoms with Gasteiger partial charge in [-0.25, -0.2) is 4.79 Å². The quantitative estimate of drug-likeness (QED) is 0.554. The standard InChI is InChI=1S/C17H25N3O3/c1-4-11-19(12-5-2)14(21)13-20-15(22)17(18(3)16(20)23)9-7-6-8-10-17/h4-5H,1-2,6-13H2,3H3. The first-order valence-corrected chi connectivity index (χ1v) is 8.07. The molecular formula is C17H25N3O3. The Morgan fingerprint density at radius 3 is 2.26 bits per heavy atom. The summed E-state index contributed by atoms with van der Waals surface area (Å²) in [5.41, 5.74) is -0.739. The van der Waals surface area contributed by atoms with Crippen LogP contribution in [0.3, 0.4) is 0 Å². The summed E-state index contributed by atoms with van der Waals surface area (Å²) < 4.78 is 0. The third-order valence-electron chi connectivity index (χ3n) is 4.83. The van der Waals surface area contributed by atoms with Gasteiger partial charge in [0.05, 0.1) is 0 Å². The van der Waals surface area contributed by atoms with E-state index in [1.165, 1.54) is 9.80 Å². The monoisotopic (exact) mass is 319 g/mol. The number of amides is 4. The van der Waals surface area contributed by atoms with Crippen LogP contribution in [0.1, 0.15) is 32.1 Å². The number of carbonyl (C=O) groups is 3. The van der Waals surface area contributed by atoms with Gasteiger partial charge in [0, 0.05) is 20.1 Å². The highest BCUT2D eigenvalue weighted by atomic mass is 16.2. The second kappa shape index (κ2) is 6.98. The molecule has 1 saturated heterocycles. The Morgan fingerprint density at radius 1 is 1.17 bits per heavy atom. The van der Waals surface area contributed by atoms with Crippen molar-refractivity contribution < 1.29 is 14.4 Å². The van der Waals surface area contributed by atoms with Gasteiger partial charge in [-0.2, -0.15) is 0 Å². The average Bonchev–Trinajstić information content (AvgIpc) is 2.72. The Balaban J connectivity index is 2.14. The number of hydrogen-bond donors (Lipinski definition) is 0. The summed E-state index contributed by atoms with van der Waals surface area (Å²) in [4.78, 5) is 41.9. The molecule has 1 heterocycles. The van der Waals surface area contributed by atoms with E-state index in [2.05, 4.69) is 13.2 Å². The molecule has 6 nitrogen and oxygen atoms in total. The predicted octanol–water partition coefficient (Wildman–Crippen LogP) is 1.78. The minimum Gasteiger partial charge on any atom is -0.334 e. The van der Waals surface area contributed by atoms with Crippen molar-refractivity contribution in [1.82, 2.24) is 14.7 Å². The molecule has 0 aromatic heterocycles. The smallest absolute Gasteiger partial charge is 0.327 e. The molecule has 0 bridgehead atoms. The van der Waals surface area contributed by atoms with Crippen LogP contribution >= 0.6 is 0 Å². The first-order chi connectivity index (χ1) is 11.0. The Kier molecular flexibility index (Phi) is 5.23. The van der Waals surface area contributed by atoms with Gasteiger partial charge in [-0.1, -0.05) is 31.4 Å².